The first-order valence-corrected chi connectivity index (χ1v) is 35.5. The van der Waals surface area contributed by atoms with E-state index < -0.39 is 146 Å². The molecule has 0 unspecified atom stereocenters. The van der Waals surface area contributed by atoms with Gasteiger partial charge in [0.05, 0.1) is 52.7 Å². The molecule has 0 radical (unpaired) electrons. The second kappa shape index (κ2) is 34.7. The zero-order chi connectivity index (χ0) is 72.0. The highest BCUT2D eigenvalue weighted by Gasteiger charge is 2.58. The van der Waals surface area contributed by atoms with E-state index in [1.807, 2.05) is 170 Å². The molecule has 4 amide bonds. The van der Waals surface area contributed by atoms with Crippen LogP contribution in [0, 0.1) is 0 Å². The molecule has 4 aliphatic heterocycles. The van der Waals surface area contributed by atoms with Gasteiger partial charge in [-0.05, 0) is 78.1 Å². The van der Waals surface area contributed by atoms with E-state index in [0.717, 1.165) is 58.2 Å². The summed E-state index contributed by atoms with van der Waals surface area (Å²) in [6.45, 7) is 7.09. The van der Waals surface area contributed by atoms with Crippen molar-refractivity contribution in [3.8, 4) is 11.1 Å². The molecule has 6 aromatic carbocycles. The van der Waals surface area contributed by atoms with Gasteiger partial charge >= 0.3 is 12.1 Å². The lowest BCUT2D eigenvalue weighted by atomic mass is 9.90. The van der Waals surface area contributed by atoms with Crippen molar-refractivity contribution >= 4 is 29.8 Å². The molecule has 1 saturated carbocycles. The molecule has 6 aromatic rings. The van der Waals surface area contributed by atoms with Gasteiger partial charge < -0.3 is 93.1 Å². The molecular formula is C79H94N4O20. The highest BCUT2D eigenvalue weighted by molar-refractivity contribution is 5.88. The fourth-order valence-electron chi connectivity index (χ4n) is 14.4. The van der Waals surface area contributed by atoms with Gasteiger partial charge in [-0.3, -0.25) is 14.4 Å². The number of ether oxygens (including phenoxy) is 13. The third kappa shape index (κ3) is 19.3. The molecule has 0 bridgehead atoms. The van der Waals surface area contributed by atoms with Crippen LogP contribution >= 0.6 is 0 Å². The number of amides is 4. The summed E-state index contributed by atoms with van der Waals surface area (Å²) < 4.78 is 86.7. The number of aliphatic hydroxyl groups excluding tert-OH is 2. The van der Waals surface area contributed by atoms with Gasteiger partial charge in [-0.15, -0.1) is 0 Å². The summed E-state index contributed by atoms with van der Waals surface area (Å²) in [5, 5.41) is 35.7. The van der Waals surface area contributed by atoms with E-state index in [0.29, 0.717) is 18.4 Å². The molecule has 0 aromatic heterocycles. The maximum atomic E-state index is 15.0. The molecule has 12 rings (SSSR count). The highest BCUT2D eigenvalue weighted by Crippen LogP contribution is 2.46. The zero-order valence-corrected chi connectivity index (χ0v) is 58.6. The highest BCUT2D eigenvalue weighted by atomic mass is 16.8. The lowest BCUT2D eigenvalue weighted by Crippen LogP contribution is -2.72. The Bertz CT molecular complexity index is 3710. The second-order valence-corrected chi connectivity index (χ2v) is 28.0. The van der Waals surface area contributed by atoms with E-state index in [1.165, 1.54) is 13.8 Å². The van der Waals surface area contributed by atoms with Gasteiger partial charge in [-0.25, -0.2) is 9.59 Å². The lowest BCUT2D eigenvalue weighted by molar-refractivity contribution is -0.408. The van der Waals surface area contributed by atoms with Crippen LogP contribution in [0.15, 0.2) is 170 Å². The second-order valence-electron chi connectivity index (χ2n) is 28.0. The van der Waals surface area contributed by atoms with E-state index >= 15 is 0 Å². The number of esters is 1. The summed E-state index contributed by atoms with van der Waals surface area (Å²) in [6, 6.07) is 48.8. The van der Waals surface area contributed by atoms with Crippen molar-refractivity contribution in [2.24, 2.45) is 0 Å². The van der Waals surface area contributed by atoms with Gasteiger partial charge in [-0.1, -0.05) is 176 Å². The van der Waals surface area contributed by atoms with Gasteiger partial charge in [-0.2, -0.15) is 0 Å². The molecule has 1 spiro atoms. The quantitative estimate of drug-likeness (QED) is 0.0265. The maximum absolute atomic E-state index is 15.0. The van der Waals surface area contributed by atoms with E-state index in [-0.39, 0.29) is 58.8 Å². The molecule has 5 fully saturated rings. The van der Waals surface area contributed by atoms with E-state index in [1.54, 1.807) is 20.8 Å². The fourth-order valence-corrected chi connectivity index (χ4v) is 14.4. The lowest BCUT2D eigenvalue weighted by Gasteiger charge is -2.53. The topological polar surface area (TPSA) is 294 Å². The number of hydrogen-bond donors (Lipinski definition) is 6. The van der Waals surface area contributed by atoms with Crippen molar-refractivity contribution in [1.29, 1.82) is 0 Å². The van der Waals surface area contributed by atoms with Gasteiger partial charge in [0.25, 0.3) is 0 Å². The van der Waals surface area contributed by atoms with E-state index in [4.69, 9.17) is 61.6 Å². The normalized spacial score (nSPS) is 27.6. The Morgan fingerprint density at radius 3 is 1.56 bits per heavy atom. The van der Waals surface area contributed by atoms with Crippen LogP contribution in [0.5, 0.6) is 0 Å². The van der Waals surface area contributed by atoms with Crippen LogP contribution in [-0.2, 0) is 107 Å². The molecular weight excluding hydrogens is 1320 g/mol. The van der Waals surface area contributed by atoms with Crippen molar-refractivity contribution < 1.29 is 95.8 Å². The number of aliphatic hydroxyl groups is 2. The molecule has 2 aliphatic carbocycles. The standard InChI is InChI=1S/C79H94N4O20/c1-48(84)80-64-71(93-42-52-29-15-8-16-30-52)69(60(45-91-40-50-25-11-6-12-26-50)97-73(64)83-63(86)39-59(74(89)103-78(3,4)5)82-77(90)95-44-58-56-35-21-19-33-54(56)55-34-20-22-36-57(55)58)100-75-65(81-49(2)85)72(94-43-53-31-17-9-18-32-53)70(61(98-75)46-92-41-51-27-13-7-14-28-51)101-76-67(88)66(87)68-62(99-76)47-96-79(102-68)37-23-10-24-38-79/h6-9,11-22,25-36,58-62,64-73,75-76,87-88H,10,23-24,37-47H2,1-5H3,(H,80,84)(H,81,85)(H,82,90)(H,83,86)/t59-,60+,61+,62+,64+,65+,66+,67-,68+,69+,70+,71+,72+,73+,75-,76-/m0/s1. The van der Waals surface area contributed by atoms with Gasteiger partial charge in [0.1, 0.15) is 91.4 Å². The van der Waals surface area contributed by atoms with Crippen LogP contribution < -0.4 is 21.3 Å². The van der Waals surface area contributed by atoms with Crippen LogP contribution in [-0.4, -0.2) is 176 Å². The third-order valence-electron chi connectivity index (χ3n) is 19.2. The minimum absolute atomic E-state index is 0.0438. The molecule has 6 aliphatic rings. The van der Waals surface area contributed by atoms with Crippen molar-refractivity contribution in [1.82, 2.24) is 21.3 Å². The number of nitrogens with one attached hydrogen (secondary N) is 4. The third-order valence-corrected chi connectivity index (χ3v) is 19.2. The SMILES string of the molecule is CC(=O)N[C@@H]1[C@@H](OCc2ccccc2)[C@H](O[C@@H]2O[C@H](COCc3ccccc3)[C@@H](O[C@@H]3O[C@@H]4COC5(CCCCC5)O[C@H]4[C@H](O)[C@@H]3O)[C@H](OCc3ccccc3)[C@H]2NC(C)=O)[C@@H](COCc2ccccc2)O[C@H]1NC(=O)C[C@H](NC(=O)OCC1c2ccccc2-c2ccccc21)C(=O)OC(C)(C)C. The average molecular weight is 1420 g/mol. The summed E-state index contributed by atoms with van der Waals surface area (Å²) in [5.41, 5.74) is 6.01. The summed E-state index contributed by atoms with van der Waals surface area (Å²) >= 11 is 0. The van der Waals surface area contributed by atoms with Gasteiger partial charge in [0.2, 0.25) is 17.7 Å². The van der Waals surface area contributed by atoms with Crippen molar-refractivity contribution in [2.75, 3.05) is 26.4 Å². The van der Waals surface area contributed by atoms with Crippen LogP contribution in [0.2, 0.25) is 0 Å². The van der Waals surface area contributed by atoms with Crippen LogP contribution in [0.1, 0.15) is 112 Å². The largest absolute Gasteiger partial charge is 0.458 e. The predicted molar refractivity (Wildman–Crippen MR) is 372 cm³/mol. The van der Waals surface area contributed by atoms with E-state index in [2.05, 4.69) is 21.3 Å². The molecule has 103 heavy (non-hydrogen) atoms. The van der Waals surface area contributed by atoms with E-state index in [9.17, 15) is 34.2 Å². The number of fused-ring (bicyclic) bond motifs is 4. The maximum Gasteiger partial charge on any atom is 0.407 e. The zero-order valence-electron chi connectivity index (χ0n) is 58.6. The van der Waals surface area contributed by atoms with Crippen molar-refractivity contribution in [3.05, 3.63) is 203 Å². The number of rotatable bonds is 27. The smallest absolute Gasteiger partial charge is 0.407 e. The minimum atomic E-state index is -1.67. The first-order valence-electron chi connectivity index (χ1n) is 35.5. The van der Waals surface area contributed by atoms with Crippen LogP contribution in [0.25, 0.3) is 11.1 Å². The number of hydrogen-bond acceptors (Lipinski definition) is 20. The van der Waals surface area contributed by atoms with Gasteiger partial charge in [0.15, 0.2) is 24.6 Å². The van der Waals surface area contributed by atoms with Crippen molar-refractivity contribution in [3.63, 3.8) is 0 Å². The molecule has 24 heteroatoms. The van der Waals surface area contributed by atoms with Gasteiger partial charge in [0, 0.05) is 32.6 Å². The Balaban J connectivity index is 0.875. The number of benzene rings is 6. The Morgan fingerprint density at radius 2 is 1.03 bits per heavy atom. The number of carbonyl (C=O) groups excluding carboxylic acids is 5. The Kier molecular flexibility index (Phi) is 25.2. The van der Waals surface area contributed by atoms with Crippen LogP contribution in [0.4, 0.5) is 4.79 Å². The number of alkyl carbamates (subject to hydrolysis) is 1. The van der Waals surface area contributed by atoms with Crippen molar-refractivity contribution in [2.45, 2.75) is 215 Å². The molecule has 6 N–H and O–H groups in total. The monoisotopic (exact) mass is 1420 g/mol. The average Bonchev–Trinajstić information content (AvgIpc) is 1.69. The first kappa shape index (κ1) is 74.7. The summed E-state index contributed by atoms with van der Waals surface area (Å²) in [7, 11) is 0. The predicted octanol–water partition coefficient (Wildman–Crippen LogP) is 8.10. The minimum Gasteiger partial charge on any atom is -0.458 e. The summed E-state index contributed by atoms with van der Waals surface area (Å²) in [6.07, 6.45) is -14.9. The molecule has 16 atom stereocenters. The summed E-state index contributed by atoms with van der Waals surface area (Å²) in [4.78, 5) is 71.0. The number of carbonyl (C=O) groups is 5. The molecule has 4 saturated heterocycles. The Hall–Kier alpha value is -8.05. The summed E-state index contributed by atoms with van der Waals surface area (Å²) in [5.74, 6) is -4.10. The molecule has 4 heterocycles. The Labute approximate surface area is 599 Å². The van der Waals surface area contributed by atoms with Crippen LogP contribution in [0.3, 0.4) is 0 Å². The first-order chi connectivity index (χ1) is 49.8. The molecule has 550 valence electrons. The molecule has 24 nitrogen and oxygen atoms in total. The Morgan fingerprint density at radius 1 is 0.544 bits per heavy atom. The fraction of sp³-hybridized carbons (Fsp3) is 0.481.